The molecule has 1 aliphatic heterocycles. The lowest BCUT2D eigenvalue weighted by Crippen LogP contribution is -2.33. The number of alkyl halides is 3. The normalized spacial score (nSPS) is 21.0. The minimum absolute atomic E-state index is 0.00116. The van der Waals surface area contributed by atoms with Crippen molar-refractivity contribution in [2.24, 2.45) is 5.84 Å². The van der Waals surface area contributed by atoms with Gasteiger partial charge in [0.25, 0.3) is 0 Å². The van der Waals surface area contributed by atoms with Gasteiger partial charge in [-0.25, -0.2) is 0 Å². The van der Waals surface area contributed by atoms with Crippen molar-refractivity contribution in [2.75, 3.05) is 6.61 Å². The summed E-state index contributed by atoms with van der Waals surface area (Å²) in [5.74, 6) is 5.28. The standard InChI is InChI=1S/C14H19F3N2O2/c15-14(16,17)21-13-7-2-1-6-11(13)12(19-18)9-10-5-3-4-8-20-10/h1-2,6-7,10,12,19H,3-5,8-9,18H2. The van der Waals surface area contributed by atoms with Crippen molar-refractivity contribution in [1.82, 2.24) is 5.43 Å². The molecule has 1 aromatic carbocycles. The molecular formula is C14H19F3N2O2. The maximum atomic E-state index is 12.4. The molecule has 1 aromatic rings. The van der Waals surface area contributed by atoms with E-state index in [1.54, 1.807) is 12.1 Å². The lowest BCUT2D eigenvalue weighted by Gasteiger charge is -2.27. The number of hydrogen-bond acceptors (Lipinski definition) is 4. The van der Waals surface area contributed by atoms with Crippen LogP contribution in [0, 0.1) is 0 Å². The fourth-order valence-electron chi connectivity index (χ4n) is 2.53. The van der Waals surface area contributed by atoms with Gasteiger partial charge in [0.15, 0.2) is 0 Å². The quantitative estimate of drug-likeness (QED) is 0.648. The summed E-state index contributed by atoms with van der Waals surface area (Å²) in [6.07, 6.45) is -1.25. The second kappa shape index (κ2) is 7.11. The number of nitrogens with two attached hydrogens (primary N) is 1. The number of para-hydroxylation sites is 1. The van der Waals surface area contributed by atoms with Crippen molar-refractivity contribution in [3.63, 3.8) is 0 Å². The molecule has 2 atom stereocenters. The van der Waals surface area contributed by atoms with E-state index < -0.39 is 12.4 Å². The summed E-state index contributed by atoms with van der Waals surface area (Å²) >= 11 is 0. The zero-order chi connectivity index (χ0) is 15.3. The first-order valence-corrected chi connectivity index (χ1v) is 6.92. The molecule has 1 aliphatic rings. The molecule has 3 N–H and O–H groups in total. The molecule has 1 heterocycles. The van der Waals surface area contributed by atoms with Gasteiger partial charge >= 0.3 is 6.36 Å². The van der Waals surface area contributed by atoms with E-state index in [0.717, 1.165) is 19.3 Å². The SMILES string of the molecule is NNC(CC1CCCCO1)c1ccccc1OC(F)(F)F. The Balaban J connectivity index is 2.13. The monoisotopic (exact) mass is 304 g/mol. The number of rotatable bonds is 5. The van der Waals surface area contributed by atoms with Crippen molar-refractivity contribution in [3.05, 3.63) is 29.8 Å². The number of halogens is 3. The van der Waals surface area contributed by atoms with Crippen LogP contribution in [0.1, 0.15) is 37.3 Å². The lowest BCUT2D eigenvalue weighted by molar-refractivity contribution is -0.275. The fourth-order valence-corrected chi connectivity index (χ4v) is 2.53. The summed E-state index contributed by atoms with van der Waals surface area (Å²) in [5.41, 5.74) is 2.95. The second-order valence-electron chi connectivity index (χ2n) is 5.03. The number of benzene rings is 1. The molecule has 1 saturated heterocycles. The van der Waals surface area contributed by atoms with Gasteiger partial charge in [0.1, 0.15) is 5.75 Å². The number of nitrogens with one attached hydrogen (secondary N) is 1. The minimum Gasteiger partial charge on any atom is -0.405 e. The largest absolute Gasteiger partial charge is 0.573 e. The minimum atomic E-state index is -4.73. The Morgan fingerprint density at radius 2 is 2.10 bits per heavy atom. The van der Waals surface area contributed by atoms with Gasteiger partial charge in [-0.05, 0) is 31.7 Å². The highest BCUT2D eigenvalue weighted by atomic mass is 19.4. The van der Waals surface area contributed by atoms with E-state index in [4.69, 9.17) is 10.6 Å². The van der Waals surface area contributed by atoms with Crippen molar-refractivity contribution < 1.29 is 22.6 Å². The first kappa shape index (κ1) is 16.1. The van der Waals surface area contributed by atoms with Crippen LogP contribution >= 0.6 is 0 Å². The highest BCUT2D eigenvalue weighted by Gasteiger charge is 2.33. The molecule has 1 fully saturated rings. The van der Waals surface area contributed by atoms with E-state index in [2.05, 4.69) is 10.2 Å². The van der Waals surface area contributed by atoms with E-state index >= 15 is 0 Å². The summed E-state index contributed by atoms with van der Waals surface area (Å²) in [4.78, 5) is 0. The van der Waals surface area contributed by atoms with Crippen LogP contribution < -0.4 is 16.0 Å². The van der Waals surface area contributed by atoms with Crippen molar-refractivity contribution in [2.45, 2.75) is 44.2 Å². The van der Waals surface area contributed by atoms with Crippen LogP contribution in [0.3, 0.4) is 0 Å². The molecule has 21 heavy (non-hydrogen) atoms. The fraction of sp³-hybridized carbons (Fsp3) is 0.571. The maximum Gasteiger partial charge on any atom is 0.573 e. The van der Waals surface area contributed by atoms with Gasteiger partial charge in [0, 0.05) is 12.2 Å². The molecule has 0 saturated carbocycles. The number of hydrazine groups is 1. The predicted molar refractivity (Wildman–Crippen MR) is 71.4 cm³/mol. The van der Waals surface area contributed by atoms with Crippen molar-refractivity contribution in [1.29, 1.82) is 0 Å². The average Bonchev–Trinajstić information content (AvgIpc) is 2.45. The highest BCUT2D eigenvalue weighted by molar-refractivity contribution is 5.36. The highest BCUT2D eigenvalue weighted by Crippen LogP contribution is 2.33. The van der Waals surface area contributed by atoms with Crippen LogP contribution in [0.15, 0.2) is 24.3 Å². The summed E-state index contributed by atoms with van der Waals surface area (Å²) in [6, 6.07) is 5.56. The summed E-state index contributed by atoms with van der Waals surface area (Å²) in [6.45, 7) is 0.683. The predicted octanol–water partition coefficient (Wildman–Crippen LogP) is 3.05. The molecule has 7 heteroatoms. The second-order valence-corrected chi connectivity index (χ2v) is 5.03. The summed E-state index contributed by atoms with van der Waals surface area (Å²) in [7, 11) is 0. The van der Waals surface area contributed by atoms with Crippen LogP contribution in [0.25, 0.3) is 0 Å². The van der Waals surface area contributed by atoms with Crippen molar-refractivity contribution >= 4 is 0 Å². The van der Waals surface area contributed by atoms with Gasteiger partial charge in [-0.1, -0.05) is 18.2 Å². The number of hydrogen-bond donors (Lipinski definition) is 2. The van der Waals surface area contributed by atoms with Crippen LogP contribution in [-0.4, -0.2) is 19.1 Å². The Morgan fingerprint density at radius 1 is 1.33 bits per heavy atom. The van der Waals surface area contributed by atoms with Gasteiger partial charge < -0.3 is 9.47 Å². The van der Waals surface area contributed by atoms with E-state index in [1.165, 1.54) is 12.1 Å². The Bertz CT molecular complexity index is 448. The molecule has 2 unspecified atom stereocenters. The van der Waals surface area contributed by atoms with Gasteiger partial charge in [-0.2, -0.15) is 0 Å². The van der Waals surface area contributed by atoms with Gasteiger partial charge in [-0.3, -0.25) is 11.3 Å². The molecule has 2 rings (SSSR count). The third-order valence-electron chi connectivity index (χ3n) is 3.49. The van der Waals surface area contributed by atoms with E-state index in [9.17, 15) is 13.2 Å². The van der Waals surface area contributed by atoms with Gasteiger partial charge in [0.05, 0.1) is 12.1 Å². The molecule has 118 valence electrons. The topological polar surface area (TPSA) is 56.5 Å². The zero-order valence-corrected chi connectivity index (χ0v) is 11.5. The molecule has 0 spiro atoms. The third-order valence-corrected chi connectivity index (χ3v) is 3.49. The number of ether oxygens (including phenoxy) is 2. The van der Waals surface area contributed by atoms with Gasteiger partial charge in [0.2, 0.25) is 0 Å². The average molecular weight is 304 g/mol. The maximum absolute atomic E-state index is 12.4. The molecule has 0 aromatic heterocycles. The Morgan fingerprint density at radius 3 is 2.71 bits per heavy atom. The Labute approximate surface area is 121 Å². The lowest BCUT2D eigenvalue weighted by atomic mass is 9.96. The van der Waals surface area contributed by atoms with E-state index in [1.807, 2.05) is 0 Å². The van der Waals surface area contributed by atoms with Crippen LogP contribution in [-0.2, 0) is 4.74 Å². The van der Waals surface area contributed by atoms with Crippen molar-refractivity contribution in [3.8, 4) is 5.75 Å². The van der Waals surface area contributed by atoms with E-state index in [-0.39, 0.29) is 11.9 Å². The molecule has 0 amide bonds. The zero-order valence-electron chi connectivity index (χ0n) is 11.5. The van der Waals surface area contributed by atoms with Crippen LogP contribution in [0.2, 0.25) is 0 Å². The third kappa shape index (κ3) is 4.87. The summed E-state index contributed by atoms with van der Waals surface area (Å²) < 4.78 is 47.0. The Hall–Kier alpha value is -1.31. The van der Waals surface area contributed by atoms with Gasteiger partial charge in [-0.15, -0.1) is 13.2 Å². The molecule has 0 radical (unpaired) electrons. The van der Waals surface area contributed by atoms with Crippen LogP contribution in [0.5, 0.6) is 5.75 Å². The molecular weight excluding hydrogens is 285 g/mol. The van der Waals surface area contributed by atoms with E-state index in [0.29, 0.717) is 18.6 Å². The summed E-state index contributed by atoms with van der Waals surface area (Å²) in [5, 5.41) is 0. The molecule has 4 nitrogen and oxygen atoms in total. The van der Waals surface area contributed by atoms with Crippen LogP contribution in [0.4, 0.5) is 13.2 Å². The molecule has 0 bridgehead atoms. The first-order valence-electron chi connectivity index (χ1n) is 6.92. The Kier molecular flexibility index (Phi) is 5.44. The first-order chi connectivity index (χ1) is 9.99. The molecule has 0 aliphatic carbocycles. The smallest absolute Gasteiger partial charge is 0.405 e.